The fourth-order valence-corrected chi connectivity index (χ4v) is 3.77. The Morgan fingerprint density at radius 2 is 1.71 bits per heavy atom. The maximum absolute atomic E-state index is 5.45. The van der Waals surface area contributed by atoms with Gasteiger partial charge in [-0.05, 0) is 37.1 Å². The van der Waals surface area contributed by atoms with Gasteiger partial charge in [0, 0.05) is 31.7 Å². The summed E-state index contributed by atoms with van der Waals surface area (Å²) in [6, 6.07) is 17.0. The Balaban J connectivity index is 1.52. The molecule has 2 aromatic carbocycles. The Morgan fingerprint density at radius 3 is 2.46 bits per heavy atom. The summed E-state index contributed by atoms with van der Waals surface area (Å²) < 4.78 is 13.0. The Morgan fingerprint density at radius 1 is 0.929 bits per heavy atom. The third-order valence-electron chi connectivity index (χ3n) is 5.29. The highest BCUT2D eigenvalue weighted by molar-refractivity contribution is 5.59. The van der Waals surface area contributed by atoms with E-state index in [0.717, 1.165) is 49.8 Å². The number of hydrogen-bond acceptors (Lipinski definition) is 4. The number of aromatic nitrogens is 2. The highest BCUT2D eigenvalue weighted by atomic mass is 16.5. The van der Waals surface area contributed by atoms with Gasteiger partial charge in [-0.2, -0.15) is 5.10 Å². The summed E-state index contributed by atoms with van der Waals surface area (Å²) in [5.74, 6) is 1.55. The molecule has 0 aliphatic carbocycles. The van der Waals surface area contributed by atoms with Crippen molar-refractivity contribution in [3.63, 3.8) is 0 Å². The zero-order valence-electron chi connectivity index (χ0n) is 16.8. The van der Waals surface area contributed by atoms with Crippen LogP contribution in [0.15, 0.2) is 48.5 Å². The smallest absolute Gasteiger partial charge is 0.161 e. The molecule has 0 radical (unpaired) electrons. The van der Waals surface area contributed by atoms with Gasteiger partial charge in [-0.15, -0.1) is 0 Å². The quantitative estimate of drug-likeness (QED) is 0.665. The summed E-state index contributed by atoms with van der Waals surface area (Å²) in [5.41, 5.74) is 6.00. The van der Waals surface area contributed by atoms with Gasteiger partial charge in [-0.1, -0.05) is 35.9 Å². The van der Waals surface area contributed by atoms with E-state index in [1.807, 2.05) is 6.07 Å². The van der Waals surface area contributed by atoms with Crippen LogP contribution in [0.4, 0.5) is 0 Å². The molecular weight excluding hydrogens is 350 g/mol. The van der Waals surface area contributed by atoms with Crippen molar-refractivity contribution < 1.29 is 9.47 Å². The van der Waals surface area contributed by atoms with E-state index in [2.05, 4.69) is 59.0 Å². The van der Waals surface area contributed by atoms with Gasteiger partial charge in [0.1, 0.15) is 0 Å². The second-order valence-corrected chi connectivity index (χ2v) is 7.36. The van der Waals surface area contributed by atoms with E-state index in [4.69, 9.17) is 14.6 Å². The SMILES string of the molecule is COc1ccc(CN2CCCn3nc(-c4ccc(C)cc4)cc3C2)cc1OC. The number of aryl methyl sites for hydroxylation is 2. The second-order valence-electron chi connectivity index (χ2n) is 7.36. The minimum absolute atomic E-state index is 0.767. The largest absolute Gasteiger partial charge is 0.493 e. The zero-order valence-corrected chi connectivity index (χ0v) is 16.8. The standard InChI is InChI=1S/C23H27N3O2/c1-17-5-8-19(9-6-17)21-14-20-16-25(11-4-12-26(20)24-21)15-18-7-10-22(27-2)23(13-18)28-3/h5-10,13-14H,4,11-12,15-16H2,1-3H3. The first-order valence-corrected chi connectivity index (χ1v) is 9.73. The lowest BCUT2D eigenvalue weighted by molar-refractivity contribution is 0.260. The molecule has 1 aromatic heterocycles. The molecule has 0 saturated heterocycles. The maximum Gasteiger partial charge on any atom is 0.161 e. The van der Waals surface area contributed by atoms with Crippen LogP contribution in [0.2, 0.25) is 0 Å². The number of nitrogens with zero attached hydrogens (tertiary/aromatic N) is 3. The Bertz CT molecular complexity index is 947. The molecule has 5 heteroatoms. The number of methoxy groups -OCH3 is 2. The first-order chi connectivity index (χ1) is 13.7. The highest BCUT2D eigenvalue weighted by Crippen LogP contribution is 2.29. The van der Waals surface area contributed by atoms with E-state index in [0.29, 0.717) is 0 Å². The molecule has 3 aromatic rings. The fourth-order valence-electron chi connectivity index (χ4n) is 3.77. The lowest BCUT2D eigenvalue weighted by Crippen LogP contribution is -2.22. The third-order valence-corrected chi connectivity index (χ3v) is 5.29. The van der Waals surface area contributed by atoms with Crippen molar-refractivity contribution in [2.45, 2.75) is 33.0 Å². The van der Waals surface area contributed by atoms with Crippen molar-refractivity contribution >= 4 is 0 Å². The molecule has 0 saturated carbocycles. The molecule has 0 atom stereocenters. The van der Waals surface area contributed by atoms with Crippen LogP contribution in [0.1, 0.15) is 23.2 Å². The Labute approximate surface area is 166 Å². The molecule has 1 aliphatic rings. The van der Waals surface area contributed by atoms with Gasteiger partial charge in [0.15, 0.2) is 11.5 Å². The number of rotatable bonds is 5. The van der Waals surface area contributed by atoms with Crippen LogP contribution in [-0.2, 0) is 19.6 Å². The zero-order chi connectivity index (χ0) is 19.5. The fraction of sp³-hybridized carbons (Fsp3) is 0.348. The van der Waals surface area contributed by atoms with E-state index >= 15 is 0 Å². The van der Waals surface area contributed by atoms with Gasteiger partial charge < -0.3 is 9.47 Å². The summed E-state index contributed by atoms with van der Waals surface area (Å²) >= 11 is 0. The van der Waals surface area contributed by atoms with E-state index in [1.165, 1.54) is 22.4 Å². The number of ether oxygens (including phenoxy) is 2. The van der Waals surface area contributed by atoms with Crippen molar-refractivity contribution in [2.24, 2.45) is 0 Å². The van der Waals surface area contributed by atoms with Crippen LogP contribution >= 0.6 is 0 Å². The van der Waals surface area contributed by atoms with Gasteiger partial charge in [0.2, 0.25) is 0 Å². The summed E-state index contributed by atoms with van der Waals surface area (Å²) in [6.07, 6.45) is 1.09. The molecule has 1 aliphatic heterocycles. The topological polar surface area (TPSA) is 39.5 Å². The van der Waals surface area contributed by atoms with Crippen LogP contribution in [0.3, 0.4) is 0 Å². The summed E-state index contributed by atoms with van der Waals surface area (Å²) in [4.78, 5) is 2.47. The first-order valence-electron chi connectivity index (χ1n) is 9.73. The predicted molar refractivity (Wildman–Crippen MR) is 111 cm³/mol. The summed E-state index contributed by atoms with van der Waals surface area (Å²) in [7, 11) is 3.35. The van der Waals surface area contributed by atoms with Crippen LogP contribution in [-0.4, -0.2) is 35.4 Å². The molecule has 0 fully saturated rings. The minimum atomic E-state index is 0.767. The average Bonchev–Trinajstić information content (AvgIpc) is 3.01. The lowest BCUT2D eigenvalue weighted by Gasteiger charge is -2.20. The van der Waals surface area contributed by atoms with Gasteiger partial charge in [0.05, 0.1) is 25.6 Å². The van der Waals surface area contributed by atoms with Crippen molar-refractivity contribution in [3.8, 4) is 22.8 Å². The Hall–Kier alpha value is -2.79. The molecule has 28 heavy (non-hydrogen) atoms. The molecule has 2 heterocycles. The average molecular weight is 377 g/mol. The molecule has 5 nitrogen and oxygen atoms in total. The molecule has 0 amide bonds. The number of hydrogen-bond donors (Lipinski definition) is 0. The molecule has 0 spiro atoms. The maximum atomic E-state index is 5.45. The first kappa shape index (κ1) is 18.6. The van der Waals surface area contributed by atoms with Crippen LogP contribution < -0.4 is 9.47 Å². The normalized spacial score (nSPS) is 14.4. The number of benzene rings is 2. The minimum Gasteiger partial charge on any atom is -0.493 e. The highest BCUT2D eigenvalue weighted by Gasteiger charge is 2.18. The molecule has 146 valence electrons. The van der Waals surface area contributed by atoms with Crippen molar-refractivity contribution in [1.82, 2.24) is 14.7 Å². The van der Waals surface area contributed by atoms with Gasteiger partial charge >= 0.3 is 0 Å². The second kappa shape index (κ2) is 8.07. The van der Waals surface area contributed by atoms with E-state index in [9.17, 15) is 0 Å². The van der Waals surface area contributed by atoms with Gasteiger partial charge in [0.25, 0.3) is 0 Å². The van der Waals surface area contributed by atoms with Crippen molar-refractivity contribution in [1.29, 1.82) is 0 Å². The lowest BCUT2D eigenvalue weighted by atomic mass is 10.1. The Kier molecular flexibility index (Phi) is 5.35. The van der Waals surface area contributed by atoms with E-state index in [1.54, 1.807) is 14.2 Å². The summed E-state index contributed by atoms with van der Waals surface area (Å²) in [6.45, 7) is 5.90. The third kappa shape index (κ3) is 3.90. The van der Waals surface area contributed by atoms with Crippen LogP contribution in [0, 0.1) is 6.92 Å². The monoisotopic (exact) mass is 377 g/mol. The molecular formula is C23H27N3O2. The number of fused-ring (bicyclic) bond motifs is 1. The van der Waals surface area contributed by atoms with Crippen molar-refractivity contribution in [2.75, 3.05) is 20.8 Å². The summed E-state index contributed by atoms with van der Waals surface area (Å²) in [5, 5.41) is 4.86. The molecule has 4 rings (SSSR count). The predicted octanol–water partition coefficient (Wildman–Crippen LogP) is 4.28. The van der Waals surface area contributed by atoms with Crippen LogP contribution in [0.5, 0.6) is 11.5 Å². The van der Waals surface area contributed by atoms with Gasteiger partial charge in [-0.3, -0.25) is 9.58 Å². The van der Waals surface area contributed by atoms with E-state index in [-0.39, 0.29) is 0 Å². The van der Waals surface area contributed by atoms with Crippen molar-refractivity contribution in [3.05, 3.63) is 65.4 Å². The molecule has 0 unspecified atom stereocenters. The van der Waals surface area contributed by atoms with E-state index < -0.39 is 0 Å². The molecule has 0 bridgehead atoms. The van der Waals surface area contributed by atoms with Crippen LogP contribution in [0.25, 0.3) is 11.3 Å². The molecule has 0 N–H and O–H groups in total. The van der Waals surface area contributed by atoms with Gasteiger partial charge in [-0.25, -0.2) is 0 Å².